The molecule has 6 heteroatoms. The first-order valence-corrected chi connectivity index (χ1v) is 10.1. The number of carbonyl (C=O) groups is 2. The van der Waals surface area contributed by atoms with Crippen LogP contribution in [0.3, 0.4) is 0 Å². The third-order valence-corrected chi connectivity index (χ3v) is 5.72. The molecule has 0 spiro atoms. The second kappa shape index (κ2) is 7.43. The van der Waals surface area contributed by atoms with Gasteiger partial charge in [-0.2, -0.15) is 0 Å². The summed E-state index contributed by atoms with van der Waals surface area (Å²) in [6.45, 7) is 3.82. The standard InChI is InChI=1S/C22H21BrN2O3/c1-12-6-3-4-7-14(12)25-22(27)19-13(2)24-15-8-5-9-16(26)20(15)21(19)17-10-11-18(23)28-17/h3-4,6-7,10-11,21,24H,5,8-9H2,1-2H3,(H,25,27). The fourth-order valence-corrected chi connectivity index (χ4v) is 4.27. The number of hydrogen-bond donors (Lipinski definition) is 2. The molecule has 28 heavy (non-hydrogen) atoms. The molecule has 1 atom stereocenters. The van der Waals surface area contributed by atoms with E-state index in [4.69, 9.17) is 4.42 Å². The van der Waals surface area contributed by atoms with Gasteiger partial charge in [-0.05, 0) is 66.4 Å². The fourth-order valence-electron chi connectivity index (χ4n) is 3.96. The molecule has 2 N–H and O–H groups in total. The van der Waals surface area contributed by atoms with Crippen LogP contribution < -0.4 is 10.6 Å². The Morgan fingerprint density at radius 1 is 1.18 bits per heavy atom. The number of dihydropyridines is 1. The van der Waals surface area contributed by atoms with E-state index in [1.807, 2.05) is 44.2 Å². The lowest BCUT2D eigenvalue weighted by Gasteiger charge is -2.33. The normalized spacial score (nSPS) is 19.4. The Kier molecular flexibility index (Phi) is 4.98. The number of rotatable bonds is 3. The first kappa shape index (κ1) is 18.7. The number of amides is 1. The van der Waals surface area contributed by atoms with Gasteiger partial charge in [-0.1, -0.05) is 18.2 Å². The number of benzene rings is 1. The first-order chi connectivity index (χ1) is 13.5. The maximum atomic E-state index is 13.3. The number of nitrogens with one attached hydrogen (secondary N) is 2. The molecule has 4 rings (SSSR count). The highest BCUT2D eigenvalue weighted by atomic mass is 79.9. The Morgan fingerprint density at radius 3 is 2.68 bits per heavy atom. The molecular weight excluding hydrogens is 420 g/mol. The number of anilines is 1. The molecule has 1 aliphatic heterocycles. The Hall–Kier alpha value is -2.60. The van der Waals surface area contributed by atoms with Crippen molar-refractivity contribution in [1.29, 1.82) is 0 Å². The number of Topliss-reactive ketones (excluding diaryl/α,β-unsaturated/α-hetero) is 1. The van der Waals surface area contributed by atoms with Crippen LogP contribution in [-0.4, -0.2) is 11.7 Å². The third kappa shape index (κ3) is 3.33. The van der Waals surface area contributed by atoms with Crippen LogP contribution in [0.5, 0.6) is 0 Å². The van der Waals surface area contributed by atoms with Crippen molar-refractivity contribution in [3.8, 4) is 0 Å². The lowest BCUT2D eigenvalue weighted by atomic mass is 9.77. The molecule has 2 aliphatic rings. The molecule has 0 radical (unpaired) electrons. The summed E-state index contributed by atoms with van der Waals surface area (Å²) in [5.74, 6) is -0.0912. The van der Waals surface area contributed by atoms with E-state index in [-0.39, 0.29) is 11.7 Å². The van der Waals surface area contributed by atoms with Crippen LogP contribution in [-0.2, 0) is 9.59 Å². The van der Waals surface area contributed by atoms with Gasteiger partial charge in [0.15, 0.2) is 10.5 Å². The lowest BCUT2D eigenvalue weighted by Crippen LogP contribution is -2.35. The van der Waals surface area contributed by atoms with Crippen molar-refractivity contribution < 1.29 is 14.0 Å². The molecule has 2 heterocycles. The molecular formula is C22H21BrN2O3. The van der Waals surface area contributed by atoms with E-state index in [1.54, 1.807) is 6.07 Å². The lowest BCUT2D eigenvalue weighted by molar-refractivity contribution is -0.116. The third-order valence-electron chi connectivity index (χ3n) is 5.29. The average Bonchev–Trinajstić information content (AvgIpc) is 3.08. The van der Waals surface area contributed by atoms with Crippen LogP contribution in [0, 0.1) is 6.92 Å². The van der Waals surface area contributed by atoms with Gasteiger partial charge in [0.2, 0.25) is 0 Å². The molecule has 0 saturated carbocycles. The topological polar surface area (TPSA) is 71.3 Å². The molecule has 2 aromatic rings. The van der Waals surface area contributed by atoms with Gasteiger partial charge in [-0.15, -0.1) is 0 Å². The Morgan fingerprint density at radius 2 is 1.96 bits per heavy atom. The van der Waals surface area contributed by atoms with Gasteiger partial charge in [-0.25, -0.2) is 0 Å². The molecule has 1 unspecified atom stereocenters. The van der Waals surface area contributed by atoms with E-state index >= 15 is 0 Å². The van der Waals surface area contributed by atoms with Crippen molar-refractivity contribution in [2.24, 2.45) is 0 Å². The molecule has 1 aromatic carbocycles. The summed E-state index contributed by atoms with van der Waals surface area (Å²) in [7, 11) is 0. The Labute approximate surface area is 172 Å². The minimum absolute atomic E-state index is 0.0694. The predicted molar refractivity (Wildman–Crippen MR) is 111 cm³/mol. The molecule has 5 nitrogen and oxygen atoms in total. The number of halogens is 1. The highest BCUT2D eigenvalue weighted by Gasteiger charge is 2.40. The maximum absolute atomic E-state index is 13.3. The summed E-state index contributed by atoms with van der Waals surface area (Å²) >= 11 is 3.34. The molecule has 0 bridgehead atoms. The maximum Gasteiger partial charge on any atom is 0.254 e. The summed E-state index contributed by atoms with van der Waals surface area (Å²) in [6.07, 6.45) is 2.10. The highest BCUT2D eigenvalue weighted by molar-refractivity contribution is 9.10. The number of aryl methyl sites for hydroxylation is 1. The number of para-hydroxylation sites is 1. The Balaban J connectivity index is 1.78. The van der Waals surface area contributed by atoms with Crippen LogP contribution in [0.2, 0.25) is 0 Å². The van der Waals surface area contributed by atoms with E-state index in [0.29, 0.717) is 28.0 Å². The molecule has 1 amide bonds. The second-order valence-corrected chi connectivity index (χ2v) is 7.96. The van der Waals surface area contributed by atoms with Crippen LogP contribution in [0.15, 0.2) is 68.0 Å². The van der Waals surface area contributed by atoms with Crippen LogP contribution >= 0.6 is 15.9 Å². The zero-order valence-electron chi connectivity index (χ0n) is 15.8. The van der Waals surface area contributed by atoms with Crippen molar-refractivity contribution in [3.63, 3.8) is 0 Å². The van der Waals surface area contributed by atoms with Gasteiger partial charge in [0.05, 0.1) is 11.5 Å². The first-order valence-electron chi connectivity index (χ1n) is 9.32. The van der Waals surface area contributed by atoms with Crippen molar-refractivity contribution in [2.45, 2.75) is 39.0 Å². The minimum Gasteiger partial charge on any atom is -0.453 e. The molecule has 0 saturated heterocycles. The number of ketones is 1. The summed E-state index contributed by atoms with van der Waals surface area (Å²) in [4.78, 5) is 26.1. The predicted octanol–water partition coefficient (Wildman–Crippen LogP) is 4.96. The van der Waals surface area contributed by atoms with E-state index in [1.165, 1.54) is 0 Å². The summed E-state index contributed by atoms with van der Waals surface area (Å²) in [6, 6.07) is 11.2. The van der Waals surface area contributed by atoms with Gasteiger partial charge in [0, 0.05) is 29.1 Å². The number of furan rings is 1. The Bertz CT molecular complexity index is 1030. The van der Waals surface area contributed by atoms with E-state index in [2.05, 4.69) is 26.6 Å². The van der Waals surface area contributed by atoms with Crippen LogP contribution in [0.25, 0.3) is 0 Å². The van der Waals surface area contributed by atoms with E-state index in [0.717, 1.165) is 35.5 Å². The SMILES string of the molecule is CC1=C(C(=O)Nc2ccccc2C)C(c2ccc(Br)o2)C2=C(CCCC2=O)N1. The quantitative estimate of drug-likeness (QED) is 0.707. The molecule has 1 aliphatic carbocycles. The zero-order chi connectivity index (χ0) is 19.8. The fraction of sp³-hybridized carbons (Fsp3) is 0.273. The minimum atomic E-state index is -0.514. The van der Waals surface area contributed by atoms with Crippen molar-refractivity contribution in [1.82, 2.24) is 5.32 Å². The number of hydrogen-bond acceptors (Lipinski definition) is 4. The van der Waals surface area contributed by atoms with E-state index in [9.17, 15) is 9.59 Å². The number of allylic oxidation sites excluding steroid dienone is 3. The summed E-state index contributed by atoms with van der Waals surface area (Å²) in [5.41, 5.74) is 4.54. The van der Waals surface area contributed by atoms with Crippen LogP contribution in [0.4, 0.5) is 5.69 Å². The average molecular weight is 441 g/mol. The van der Waals surface area contributed by atoms with Gasteiger partial charge in [0.25, 0.3) is 5.91 Å². The molecule has 1 aromatic heterocycles. The van der Waals surface area contributed by atoms with Crippen molar-refractivity contribution in [3.05, 3.63) is 74.9 Å². The zero-order valence-corrected chi connectivity index (χ0v) is 17.4. The second-order valence-electron chi connectivity index (χ2n) is 7.18. The largest absolute Gasteiger partial charge is 0.453 e. The molecule has 0 fully saturated rings. The number of carbonyl (C=O) groups excluding carboxylic acids is 2. The highest BCUT2D eigenvalue weighted by Crippen LogP contribution is 2.43. The van der Waals surface area contributed by atoms with Crippen molar-refractivity contribution in [2.75, 3.05) is 5.32 Å². The molecule has 144 valence electrons. The van der Waals surface area contributed by atoms with Gasteiger partial charge >= 0.3 is 0 Å². The monoisotopic (exact) mass is 440 g/mol. The van der Waals surface area contributed by atoms with Gasteiger partial charge in [-0.3, -0.25) is 9.59 Å². The van der Waals surface area contributed by atoms with Gasteiger partial charge < -0.3 is 15.1 Å². The van der Waals surface area contributed by atoms with Gasteiger partial charge in [0.1, 0.15) is 5.76 Å². The smallest absolute Gasteiger partial charge is 0.254 e. The summed E-state index contributed by atoms with van der Waals surface area (Å²) < 4.78 is 6.38. The summed E-state index contributed by atoms with van der Waals surface area (Å²) in [5, 5.41) is 6.31. The van der Waals surface area contributed by atoms with Crippen LogP contribution in [0.1, 0.15) is 43.4 Å². The van der Waals surface area contributed by atoms with Crippen molar-refractivity contribution >= 4 is 33.3 Å². The van der Waals surface area contributed by atoms with E-state index < -0.39 is 5.92 Å².